The van der Waals surface area contributed by atoms with Gasteiger partial charge in [-0.3, -0.25) is 4.79 Å². The van der Waals surface area contributed by atoms with E-state index in [-0.39, 0.29) is 12.7 Å². The van der Waals surface area contributed by atoms with E-state index in [2.05, 4.69) is 16.7 Å². The summed E-state index contributed by atoms with van der Waals surface area (Å²) in [5.74, 6) is 3.61. The van der Waals surface area contributed by atoms with Gasteiger partial charge in [0.05, 0.1) is 11.0 Å². The second-order valence-electron chi connectivity index (χ2n) is 9.03. The second kappa shape index (κ2) is 9.33. The Morgan fingerprint density at radius 3 is 2.57 bits per heavy atom. The van der Waals surface area contributed by atoms with Crippen LogP contribution in [0.2, 0.25) is 0 Å². The molecule has 0 atom stereocenters. The number of carbonyl (C=O) groups excluding carboxylic acids is 1. The molecule has 0 aliphatic carbocycles. The summed E-state index contributed by atoms with van der Waals surface area (Å²) in [5.41, 5.74) is 2.75. The monoisotopic (exact) mass is 469 g/mol. The molecule has 6 rings (SSSR count). The molecule has 7 nitrogen and oxygen atoms in total. The lowest BCUT2D eigenvalue weighted by atomic mass is 9.96. The highest BCUT2D eigenvalue weighted by atomic mass is 16.7. The molecule has 4 aromatic rings. The van der Waals surface area contributed by atoms with Gasteiger partial charge in [-0.05, 0) is 61.2 Å². The van der Waals surface area contributed by atoms with E-state index >= 15 is 0 Å². The average molecular weight is 470 g/mol. The number of rotatable bonds is 6. The maximum absolute atomic E-state index is 13.1. The van der Waals surface area contributed by atoms with Crippen LogP contribution in [0.15, 0.2) is 72.8 Å². The topological polar surface area (TPSA) is 65.8 Å². The molecule has 0 spiro atoms. The molecule has 1 aromatic heterocycles. The lowest BCUT2D eigenvalue weighted by molar-refractivity contribution is 0.0682. The zero-order chi connectivity index (χ0) is 23.6. The molecule has 1 fully saturated rings. The molecular weight excluding hydrogens is 442 g/mol. The van der Waals surface area contributed by atoms with Crippen molar-refractivity contribution in [3.05, 3.63) is 84.2 Å². The highest BCUT2D eigenvalue weighted by Gasteiger charge is 2.26. The minimum atomic E-state index is 0.0479. The van der Waals surface area contributed by atoms with E-state index in [1.165, 1.54) is 0 Å². The molecule has 2 aliphatic rings. The summed E-state index contributed by atoms with van der Waals surface area (Å²) >= 11 is 0. The fourth-order valence-corrected chi connectivity index (χ4v) is 4.89. The van der Waals surface area contributed by atoms with Gasteiger partial charge in [-0.2, -0.15) is 0 Å². The first-order valence-electron chi connectivity index (χ1n) is 12.1. The Kier molecular flexibility index (Phi) is 5.74. The van der Waals surface area contributed by atoms with Crippen LogP contribution in [0.1, 0.15) is 29.0 Å². The fourth-order valence-electron chi connectivity index (χ4n) is 4.89. The number of imidazole rings is 1. The Balaban J connectivity index is 1.13. The van der Waals surface area contributed by atoms with Crippen molar-refractivity contribution < 1.29 is 19.0 Å². The van der Waals surface area contributed by atoms with Gasteiger partial charge in [0.2, 0.25) is 6.79 Å². The number of likely N-dealkylation sites (tertiary alicyclic amines) is 1. The standard InChI is InChI=1S/C28H27N3O4/c32-28(21-10-11-25-26(16-21)35-19-34-25)30-14-12-20(13-15-30)17-31-24-9-5-4-8-23(24)29-27(31)18-33-22-6-2-1-3-7-22/h1-11,16,20H,12-15,17-19H2. The van der Waals surface area contributed by atoms with E-state index in [1.54, 1.807) is 6.07 Å². The number of hydrogen-bond donors (Lipinski definition) is 0. The van der Waals surface area contributed by atoms with Crippen LogP contribution in [0.3, 0.4) is 0 Å². The van der Waals surface area contributed by atoms with E-state index in [1.807, 2.05) is 59.5 Å². The minimum absolute atomic E-state index is 0.0479. The summed E-state index contributed by atoms with van der Waals surface area (Å²) in [6.45, 7) is 2.96. The van der Waals surface area contributed by atoms with Gasteiger partial charge in [-0.15, -0.1) is 0 Å². The number of aromatic nitrogens is 2. The van der Waals surface area contributed by atoms with E-state index in [9.17, 15) is 4.79 Å². The summed E-state index contributed by atoms with van der Waals surface area (Å²) in [4.78, 5) is 19.9. The van der Waals surface area contributed by atoms with Crippen LogP contribution in [-0.2, 0) is 13.2 Å². The molecule has 0 radical (unpaired) electrons. The van der Waals surface area contributed by atoms with Gasteiger partial charge in [-0.1, -0.05) is 30.3 Å². The summed E-state index contributed by atoms with van der Waals surface area (Å²) < 4.78 is 19.1. The number of hydrogen-bond acceptors (Lipinski definition) is 5. The molecular formula is C28H27N3O4. The van der Waals surface area contributed by atoms with Crippen molar-refractivity contribution in [2.75, 3.05) is 19.9 Å². The quantitative estimate of drug-likeness (QED) is 0.402. The van der Waals surface area contributed by atoms with Crippen LogP contribution in [0.25, 0.3) is 11.0 Å². The maximum Gasteiger partial charge on any atom is 0.253 e. The van der Waals surface area contributed by atoms with E-state index in [4.69, 9.17) is 19.2 Å². The summed E-state index contributed by atoms with van der Waals surface area (Å²) in [5, 5.41) is 0. The molecule has 3 aromatic carbocycles. The lowest BCUT2D eigenvalue weighted by Crippen LogP contribution is -2.39. The van der Waals surface area contributed by atoms with Crippen LogP contribution < -0.4 is 14.2 Å². The SMILES string of the molecule is O=C(c1ccc2c(c1)OCO2)N1CCC(Cn2c(COc3ccccc3)nc3ccccc32)CC1. The fraction of sp³-hybridized carbons (Fsp3) is 0.286. The molecule has 0 N–H and O–H groups in total. The maximum atomic E-state index is 13.1. The Morgan fingerprint density at radius 2 is 1.71 bits per heavy atom. The van der Waals surface area contributed by atoms with Gasteiger partial charge in [0.15, 0.2) is 11.5 Å². The Morgan fingerprint density at radius 1 is 0.943 bits per heavy atom. The van der Waals surface area contributed by atoms with Gasteiger partial charge in [0.25, 0.3) is 5.91 Å². The first kappa shape index (κ1) is 21.5. The predicted octanol–water partition coefficient (Wildman–Crippen LogP) is 4.90. The van der Waals surface area contributed by atoms with Crippen molar-refractivity contribution in [2.24, 2.45) is 5.92 Å². The van der Waals surface area contributed by atoms with Crippen LogP contribution in [0.4, 0.5) is 0 Å². The van der Waals surface area contributed by atoms with E-state index < -0.39 is 0 Å². The molecule has 178 valence electrons. The zero-order valence-electron chi connectivity index (χ0n) is 19.4. The molecule has 2 aliphatic heterocycles. The Hall–Kier alpha value is -4.00. The number of benzene rings is 3. The van der Waals surface area contributed by atoms with Crippen molar-refractivity contribution in [1.82, 2.24) is 14.5 Å². The van der Waals surface area contributed by atoms with Gasteiger partial charge in [-0.25, -0.2) is 4.98 Å². The smallest absolute Gasteiger partial charge is 0.253 e. The van der Waals surface area contributed by atoms with Gasteiger partial charge < -0.3 is 23.7 Å². The van der Waals surface area contributed by atoms with Crippen molar-refractivity contribution >= 4 is 16.9 Å². The third-order valence-corrected chi connectivity index (χ3v) is 6.81. The van der Waals surface area contributed by atoms with Gasteiger partial charge in [0.1, 0.15) is 18.2 Å². The normalized spacial score (nSPS) is 15.5. The number of fused-ring (bicyclic) bond motifs is 2. The van der Waals surface area contributed by atoms with Gasteiger partial charge in [0, 0.05) is 25.2 Å². The molecule has 0 bridgehead atoms. The third-order valence-electron chi connectivity index (χ3n) is 6.81. The predicted molar refractivity (Wildman–Crippen MR) is 132 cm³/mol. The molecule has 1 saturated heterocycles. The van der Waals surface area contributed by atoms with Crippen LogP contribution >= 0.6 is 0 Å². The van der Waals surface area contributed by atoms with Crippen LogP contribution in [-0.4, -0.2) is 40.2 Å². The molecule has 7 heteroatoms. The lowest BCUT2D eigenvalue weighted by Gasteiger charge is -2.32. The van der Waals surface area contributed by atoms with Gasteiger partial charge >= 0.3 is 0 Å². The summed E-state index contributed by atoms with van der Waals surface area (Å²) in [6.07, 6.45) is 1.89. The number of amides is 1. The number of piperidine rings is 1. The largest absolute Gasteiger partial charge is 0.486 e. The summed E-state index contributed by atoms with van der Waals surface area (Å²) in [7, 11) is 0. The second-order valence-corrected chi connectivity index (χ2v) is 9.03. The van der Waals surface area contributed by atoms with Crippen LogP contribution in [0, 0.1) is 5.92 Å². The van der Waals surface area contributed by atoms with Crippen molar-refractivity contribution in [2.45, 2.75) is 26.0 Å². The molecule has 1 amide bonds. The Labute approximate surface area is 203 Å². The molecule has 0 saturated carbocycles. The molecule has 0 unspecified atom stereocenters. The molecule has 35 heavy (non-hydrogen) atoms. The zero-order valence-corrected chi connectivity index (χ0v) is 19.4. The highest BCUT2D eigenvalue weighted by molar-refractivity contribution is 5.95. The number of para-hydroxylation sites is 3. The molecule has 3 heterocycles. The minimum Gasteiger partial charge on any atom is -0.486 e. The van der Waals surface area contributed by atoms with E-state index in [0.29, 0.717) is 29.6 Å². The van der Waals surface area contributed by atoms with Crippen molar-refractivity contribution in [3.8, 4) is 17.2 Å². The average Bonchev–Trinajstić information content (AvgIpc) is 3.52. The summed E-state index contributed by atoms with van der Waals surface area (Å²) in [6, 6.07) is 23.5. The van der Waals surface area contributed by atoms with E-state index in [0.717, 1.165) is 55.1 Å². The number of nitrogens with zero attached hydrogens (tertiary/aromatic N) is 3. The number of carbonyl (C=O) groups is 1. The van der Waals surface area contributed by atoms with Crippen LogP contribution in [0.5, 0.6) is 17.2 Å². The van der Waals surface area contributed by atoms with Crippen molar-refractivity contribution in [1.29, 1.82) is 0 Å². The first-order valence-corrected chi connectivity index (χ1v) is 12.1. The number of ether oxygens (including phenoxy) is 3. The third kappa shape index (κ3) is 4.41. The Bertz CT molecular complexity index is 1340. The van der Waals surface area contributed by atoms with Crippen molar-refractivity contribution in [3.63, 3.8) is 0 Å². The highest BCUT2D eigenvalue weighted by Crippen LogP contribution is 2.33. The first-order chi connectivity index (χ1) is 17.2.